The molecule has 2 aromatic carbocycles. The SMILES string of the molecule is O=C(NCCOCCN1CCN(C(=O)c2cccc(-c3cc(Nc4ccc(OC(F)(F)F)cc4)ncn3)c2)CC1)C1CC2CC1C(O)C2O. The van der Waals surface area contributed by atoms with Crippen LogP contribution in [-0.4, -0.2) is 113 Å². The van der Waals surface area contributed by atoms with Crippen molar-refractivity contribution in [3.05, 3.63) is 66.5 Å². The van der Waals surface area contributed by atoms with E-state index < -0.39 is 18.6 Å². The van der Waals surface area contributed by atoms with Gasteiger partial charge in [0.25, 0.3) is 5.91 Å². The highest BCUT2D eigenvalue weighted by Crippen LogP contribution is 2.48. The fourth-order valence-corrected chi connectivity index (χ4v) is 6.91. The van der Waals surface area contributed by atoms with Gasteiger partial charge in [0.1, 0.15) is 17.9 Å². The molecule has 3 fully saturated rings. The van der Waals surface area contributed by atoms with Crippen molar-refractivity contribution in [2.45, 2.75) is 31.4 Å². The summed E-state index contributed by atoms with van der Waals surface area (Å²) in [4.78, 5) is 38.5. The number of halogens is 3. The van der Waals surface area contributed by atoms with Crippen LogP contribution in [0, 0.1) is 17.8 Å². The number of carbonyl (C=O) groups excluding carboxylic acids is 2. The van der Waals surface area contributed by atoms with Crippen molar-refractivity contribution >= 4 is 23.3 Å². The zero-order valence-corrected chi connectivity index (χ0v) is 26.7. The third kappa shape index (κ3) is 8.65. The Morgan fingerprint density at radius 2 is 1.71 bits per heavy atom. The molecule has 0 radical (unpaired) electrons. The van der Waals surface area contributed by atoms with Gasteiger partial charge in [0.2, 0.25) is 5.91 Å². The fourth-order valence-electron chi connectivity index (χ4n) is 6.91. The van der Waals surface area contributed by atoms with E-state index in [1.807, 2.05) is 11.0 Å². The smallest absolute Gasteiger partial charge is 0.406 e. The van der Waals surface area contributed by atoms with Crippen molar-refractivity contribution < 1.29 is 42.4 Å². The summed E-state index contributed by atoms with van der Waals surface area (Å²) in [5.74, 6) is -0.485. The summed E-state index contributed by atoms with van der Waals surface area (Å²) < 4.78 is 47.0. The molecule has 6 rings (SSSR count). The van der Waals surface area contributed by atoms with Crippen LogP contribution in [0.2, 0.25) is 0 Å². The minimum absolute atomic E-state index is 0.00528. The molecule has 5 unspecified atom stereocenters. The molecule has 15 heteroatoms. The molecular formula is C34H39F3N6O6. The average molecular weight is 685 g/mol. The van der Waals surface area contributed by atoms with Gasteiger partial charge in [0.15, 0.2) is 0 Å². The van der Waals surface area contributed by atoms with Gasteiger partial charge in [-0.3, -0.25) is 14.5 Å². The number of alkyl halides is 3. The zero-order valence-electron chi connectivity index (χ0n) is 26.7. The van der Waals surface area contributed by atoms with Crippen molar-refractivity contribution in [1.82, 2.24) is 25.1 Å². The number of benzene rings is 2. The summed E-state index contributed by atoms with van der Waals surface area (Å²) in [6.07, 6.45) is -3.62. The Morgan fingerprint density at radius 3 is 2.43 bits per heavy atom. The number of aliphatic hydroxyl groups is 2. The first-order valence-corrected chi connectivity index (χ1v) is 16.3. The van der Waals surface area contributed by atoms with E-state index in [9.17, 15) is 33.0 Å². The summed E-state index contributed by atoms with van der Waals surface area (Å²) in [5, 5.41) is 25.9. The van der Waals surface area contributed by atoms with Crippen LogP contribution in [0.4, 0.5) is 24.7 Å². The van der Waals surface area contributed by atoms with Gasteiger partial charge in [-0.2, -0.15) is 0 Å². The number of piperazine rings is 1. The molecule has 5 atom stereocenters. The summed E-state index contributed by atoms with van der Waals surface area (Å²) >= 11 is 0. The lowest BCUT2D eigenvalue weighted by molar-refractivity contribution is -0.274. The van der Waals surface area contributed by atoms with Crippen LogP contribution in [0.1, 0.15) is 23.2 Å². The molecule has 4 N–H and O–H groups in total. The summed E-state index contributed by atoms with van der Waals surface area (Å²) in [7, 11) is 0. The van der Waals surface area contributed by atoms with Crippen LogP contribution in [0.3, 0.4) is 0 Å². The van der Waals surface area contributed by atoms with Crippen LogP contribution in [-0.2, 0) is 9.53 Å². The van der Waals surface area contributed by atoms with Gasteiger partial charge >= 0.3 is 6.36 Å². The molecule has 3 aliphatic rings. The topological polar surface area (TPSA) is 149 Å². The van der Waals surface area contributed by atoms with Crippen molar-refractivity contribution in [2.75, 3.05) is 57.8 Å². The first kappa shape index (κ1) is 34.5. The standard InChI is InChI=1S/C34H39F3N6O6/c35-34(36,37)49-25-6-4-24(5-7-25)41-29-19-28(39-20-40-29)21-2-1-3-22(16-21)33(47)43-11-9-42(10-12-43)13-15-48-14-8-38-32(46)27-18-23-17-26(27)31(45)30(23)44/h1-7,16,19-20,23,26-27,30-31,44-45H,8-15,17-18H2,(H,38,46)(H,39,40,41). The number of carbonyl (C=O) groups is 2. The van der Waals surface area contributed by atoms with E-state index in [1.54, 1.807) is 24.3 Å². The average Bonchev–Trinajstić information content (AvgIpc) is 3.66. The Kier molecular flexibility index (Phi) is 10.6. The van der Waals surface area contributed by atoms with Crippen LogP contribution >= 0.6 is 0 Å². The maximum absolute atomic E-state index is 13.4. The Morgan fingerprint density at radius 1 is 0.939 bits per heavy atom. The predicted molar refractivity (Wildman–Crippen MR) is 172 cm³/mol. The number of hydrogen-bond acceptors (Lipinski definition) is 10. The van der Waals surface area contributed by atoms with Crippen LogP contribution < -0.4 is 15.4 Å². The third-order valence-electron chi connectivity index (χ3n) is 9.45. The molecule has 2 saturated carbocycles. The Balaban J connectivity index is 0.917. The lowest BCUT2D eigenvalue weighted by atomic mass is 9.84. The van der Waals surface area contributed by atoms with E-state index >= 15 is 0 Å². The zero-order chi connectivity index (χ0) is 34.5. The summed E-state index contributed by atoms with van der Waals surface area (Å²) in [5.41, 5.74) is 2.32. The molecule has 1 saturated heterocycles. The molecule has 49 heavy (non-hydrogen) atoms. The minimum Gasteiger partial charge on any atom is -0.406 e. The number of aromatic nitrogens is 2. The second kappa shape index (κ2) is 15.1. The van der Waals surface area contributed by atoms with Crippen molar-refractivity contribution in [1.29, 1.82) is 0 Å². The largest absolute Gasteiger partial charge is 0.573 e. The number of fused-ring (bicyclic) bond motifs is 2. The van der Waals surface area contributed by atoms with E-state index in [0.717, 1.165) is 0 Å². The second-order valence-electron chi connectivity index (χ2n) is 12.6. The fraction of sp³-hybridized carbons (Fsp3) is 0.471. The van der Waals surface area contributed by atoms with Crippen molar-refractivity contribution in [2.24, 2.45) is 17.8 Å². The Labute approximate surface area is 281 Å². The lowest BCUT2D eigenvalue weighted by Gasteiger charge is -2.34. The number of hydrogen-bond donors (Lipinski definition) is 4. The van der Waals surface area contributed by atoms with Gasteiger partial charge in [-0.15, -0.1) is 13.2 Å². The number of nitrogens with one attached hydrogen (secondary N) is 2. The molecule has 2 bridgehead atoms. The minimum atomic E-state index is -4.77. The van der Waals surface area contributed by atoms with E-state index in [4.69, 9.17) is 4.74 Å². The van der Waals surface area contributed by atoms with Gasteiger partial charge in [0.05, 0.1) is 31.1 Å². The number of anilines is 2. The lowest BCUT2D eigenvalue weighted by Crippen LogP contribution is -2.49. The molecular weight excluding hydrogens is 645 g/mol. The van der Waals surface area contributed by atoms with E-state index in [0.29, 0.717) is 93.7 Å². The maximum atomic E-state index is 13.4. The highest BCUT2D eigenvalue weighted by Gasteiger charge is 2.53. The molecule has 3 aromatic rings. The highest BCUT2D eigenvalue weighted by atomic mass is 19.4. The Hall–Kier alpha value is -4.31. The van der Waals surface area contributed by atoms with Gasteiger partial charge < -0.3 is 35.2 Å². The van der Waals surface area contributed by atoms with E-state index in [-0.39, 0.29) is 35.3 Å². The quantitative estimate of drug-likeness (QED) is 0.210. The normalized spacial score (nSPS) is 23.8. The van der Waals surface area contributed by atoms with Gasteiger partial charge in [-0.25, -0.2) is 9.97 Å². The maximum Gasteiger partial charge on any atom is 0.573 e. The number of amides is 2. The number of ether oxygens (including phenoxy) is 2. The second-order valence-corrected chi connectivity index (χ2v) is 12.6. The molecule has 0 spiro atoms. The van der Waals surface area contributed by atoms with E-state index in [1.165, 1.54) is 30.6 Å². The molecule has 2 aliphatic carbocycles. The van der Waals surface area contributed by atoms with Gasteiger partial charge in [0, 0.05) is 68.1 Å². The molecule has 12 nitrogen and oxygen atoms in total. The van der Waals surface area contributed by atoms with Gasteiger partial charge in [-0.1, -0.05) is 12.1 Å². The summed E-state index contributed by atoms with van der Waals surface area (Å²) in [6.45, 7) is 4.51. The van der Waals surface area contributed by atoms with Crippen LogP contribution in [0.5, 0.6) is 5.75 Å². The summed E-state index contributed by atoms with van der Waals surface area (Å²) in [6, 6.07) is 14.1. The van der Waals surface area contributed by atoms with Crippen LogP contribution in [0.25, 0.3) is 11.3 Å². The highest BCUT2D eigenvalue weighted by molar-refractivity contribution is 5.95. The number of aliphatic hydroxyl groups excluding tert-OH is 2. The van der Waals surface area contributed by atoms with Gasteiger partial charge in [-0.05, 0) is 61.1 Å². The number of rotatable bonds is 12. The third-order valence-corrected chi connectivity index (χ3v) is 9.45. The van der Waals surface area contributed by atoms with E-state index in [2.05, 4.69) is 30.2 Å². The molecule has 262 valence electrons. The number of nitrogens with zero attached hydrogens (tertiary/aromatic N) is 4. The first-order chi connectivity index (χ1) is 23.5. The Bertz CT molecular complexity index is 1600. The molecule has 1 aromatic heterocycles. The molecule has 2 amide bonds. The molecule has 1 aliphatic heterocycles. The van der Waals surface area contributed by atoms with Crippen molar-refractivity contribution in [3.8, 4) is 17.0 Å². The van der Waals surface area contributed by atoms with Crippen LogP contribution in [0.15, 0.2) is 60.9 Å². The monoisotopic (exact) mass is 684 g/mol. The first-order valence-electron chi connectivity index (χ1n) is 16.3. The molecule has 2 heterocycles. The predicted octanol–water partition coefficient (Wildman–Crippen LogP) is 3.05. The van der Waals surface area contributed by atoms with Crippen molar-refractivity contribution in [3.63, 3.8) is 0 Å².